The first-order valence-corrected chi connectivity index (χ1v) is 8.89. The number of nitrogens with one attached hydrogen (secondary N) is 1. The van der Waals surface area contributed by atoms with Crippen molar-refractivity contribution in [2.75, 3.05) is 26.1 Å². The van der Waals surface area contributed by atoms with Gasteiger partial charge in [-0.05, 0) is 47.4 Å². The molecule has 0 bridgehead atoms. The predicted molar refractivity (Wildman–Crippen MR) is 109 cm³/mol. The molecule has 0 saturated heterocycles. The summed E-state index contributed by atoms with van der Waals surface area (Å²) in [6, 6.07) is 12.8. The van der Waals surface area contributed by atoms with Crippen LogP contribution in [0.1, 0.15) is 30.9 Å². The second-order valence-corrected chi connectivity index (χ2v) is 6.41. The van der Waals surface area contributed by atoms with E-state index in [2.05, 4.69) is 19.2 Å². The van der Waals surface area contributed by atoms with Crippen molar-refractivity contribution in [1.82, 2.24) is 0 Å². The van der Waals surface area contributed by atoms with Crippen LogP contribution < -0.4 is 14.8 Å². The highest BCUT2D eigenvalue weighted by Gasteiger charge is 2.07. The Kier molecular flexibility index (Phi) is 7.63. The summed E-state index contributed by atoms with van der Waals surface area (Å²) in [5.74, 6) is 0.613. The average molecular weight is 383 g/mol. The average Bonchev–Trinajstić information content (AvgIpc) is 2.70. The summed E-state index contributed by atoms with van der Waals surface area (Å²) in [7, 11) is 3.09. The Morgan fingerprint density at radius 1 is 1.00 bits per heavy atom. The fraction of sp³-hybridized carbons (Fsp3) is 0.273. The standard InChI is InChI=1S/C22H25NO5/c1-15(2)17-6-8-18(9-7-17)23-21(24)14-28-22(25)10-5-16-11-19(26-3)13-20(12-16)27-4/h5-13,15H,14H2,1-4H3,(H,23,24)/b10-5+. The Morgan fingerprint density at radius 2 is 1.61 bits per heavy atom. The van der Waals surface area contributed by atoms with Crippen molar-refractivity contribution in [3.05, 3.63) is 59.7 Å². The van der Waals surface area contributed by atoms with Crippen LogP contribution in [0.2, 0.25) is 0 Å². The first kappa shape index (κ1) is 21.0. The second-order valence-electron chi connectivity index (χ2n) is 6.41. The zero-order valence-electron chi connectivity index (χ0n) is 16.5. The Labute approximate surface area is 165 Å². The molecule has 0 unspecified atom stereocenters. The van der Waals surface area contributed by atoms with Gasteiger partial charge in [0.05, 0.1) is 14.2 Å². The molecule has 6 nitrogen and oxygen atoms in total. The first-order chi connectivity index (χ1) is 13.4. The molecule has 0 aliphatic carbocycles. The van der Waals surface area contributed by atoms with Gasteiger partial charge in [-0.2, -0.15) is 0 Å². The Bertz CT molecular complexity index is 818. The van der Waals surface area contributed by atoms with E-state index in [0.717, 1.165) is 0 Å². The molecule has 1 amide bonds. The molecule has 0 aromatic heterocycles. The monoisotopic (exact) mass is 383 g/mol. The summed E-state index contributed by atoms with van der Waals surface area (Å²) in [6.07, 6.45) is 2.81. The molecule has 2 aromatic carbocycles. The third-order valence-electron chi connectivity index (χ3n) is 3.99. The third kappa shape index (κ3) is 6.46. The minimum Gasteiger partial charge on any atom is -0.497 e. The quantitative estimate of drug-likeness (QED) is 0.550. The lowest BCUT2D eigenvalue weighted by molar-refractivity contribution is -0.142. The number of methoxy groups -OCH3 is 2. The minimum absolute atomic E-state index is 0.365. The fourth-order valence-electron chi connectivity index (χ4n) is 2.42. The Balaban J connectivity index is 1.86. The lowest BCUT2D eigenvalue weighted by Crippen LogP contribution is -2.20. The van der Waals surface area contributed by atoms with Crippen molar-refractivity contribution < 1.29 is 23.8 Å². The minimum atomic E-state index is -0.618. The van der Waals surface area contributed by atoms with Gasteiger partial charge in [0.15, 0.2) is 6.61 Å². The van der Waals surface area contributed by atoms with Gasteiger partial charge in [-0.3, -0.25) is 4.79 Å². The molecule has 2 rings (SSSR count). The number of rotatable bonds is 8. The van der Waals surface area contributed by atoms with Gasteiger partial charge in [0.2, 0.25) is 0 Å². The van der Waals surface area contributed by atoms with Crippen LogP contribution in [0, 0.1) is 0 Å². The van der Waals surface area contributed by atoms with Crippen LogP contribution in [-0.2, 0) is 14.3 Å². The number of hydrogen-bond donors (Lipinski definition) is 1. The Morgan fingerprint density at radius 3 is 2.14 bits per heavy atom. The number of anilines is 1. The molecule has 28 heavy (non-hydrogen) atoms. The molecule has 148 valence electrons. The van der Waals surface area contributed by atoms with Crippen LogP contribution >= 0.6 is 0 Å². The topological polar surface area (TPSA) is 73.9 Å². The van der Waals surface area contributed by atoms with Crippen LogP contribution in [0.15, 0.2) is 48.5 Å². The molecule has 6 heteroatoms. The molecule has 0 aliphatic rings. The number of carbonyl (C=O) groups excluding carboxylic acids is 2. The zero-order valence-corrected chi connectivity index (χ0v) is 16.5. The van der Waals surface area contributed by atoms with Gasteiger partial charge in [-0.1, -0.05) is 26.0 Å². The van der Waals surface area contributed by atoms with Crippen molar-refractivity contribution in [1.29, 1.82) is 0 Å². The first-order valence-electron chi connectivity index (χ1n) is 8.89. The lowest BCUT2D eigenvalue weighted by atomic mass is 10.0. The summed E-state index contributed by atoms with van der Waals surface area (Å²) < 4.78 is 15.3. The maximum Gasteiger partial charge on any atom is 0.331 e. The summed E-state index contributed by atoms with van der Waals surface area (Å²) in [5, 5.41) is 2.69. The molecule has 0 heterocycles. The van der Waals surface area contributed by atoms with Crippen molar-refractivity contribution in [2.45, 2.75) is 19.8 Å². The molecule has 0 aliphatic heterocycles. The van der Waals surface area contributed by atoms with Crippen molar-refractivity contribution >= 4 is 23.6 Å². The lowest BCUT2D eigenvalue weighted by Gasteiger charge is -2.08. The van der Waals surface area contributed by atoms with Gasteiger partial charge < -0.3 is 19.5 Å². The number of ether oxygens (including phenoxy) is 3. The summed E-state index contributed by atoms with van der Waals surface area (Å²) in [5.41, 5.74) is 2.55. The molecule has 0 atom stereocenters. The predicted octanol–water partition coefficient (Wildman–Crippen LogP) is 4.02. The normalized spacial score (nSPS) is 10.8. The van der Waals surface area contributed by atoms with E-state index in [1.165, 1.54) is 11.6 Å². The van der Waals surface area contributed by atoms with Gasteiger partial charge in [-0.15, -0.1) is 0 Å². The number of amides is 1. The fourth-order valence-corrected chi connectivity index (χ4v) is 2.42. The summed E-state index contributed by atoms with van der Waals surface area (Å²) in [6.45, 7) is 3.83. The van der Waals surface area contributed by atoms with E-state index >= 15 is 0 Å². The summed E-state index contributed by atoms with van der Waals surface area (Å²) >= 11 is 0. The van der Waals surface area contributed by atoms with Crippen LogP contribution in [0.3, 0.4) is 0 Å². The molecule has 2 aromatic rings. The van der Waals surface area contributed by atoms with Gasteiger partial charge in [0.1, 0.15) is 11.5 Å². The van der Waals surface area contributed by atoms with E-state index in [0.29, 0.717) is 28.7 Å². The maximum absolute atomic E-state index is 11.9. The SMILES string of the molecule is COc1cc(/C=C/C(=O)OCC(=O)Nc2ccc(C(C)C)cc2)cc(OC)c1. The van der Waals surface area contributed by atoms with E-state index in [1.54, 1.807) is 38.5 Å². The van der Waals surface area contributed by atoms with Gasteiger partial charge in [-0.25, -0.2) is 4.79 Å². The molecular formula is C22H25NO5. The van der Waals surface area contributed by atoms with Crippen LogP contribution in [0.5, 0.6) is 11.5 Å². The highest BCUT2D eigenvalue weighted by molar-refractivity contribution is 5.94. The number of esters is 1. The molecule has 0 fully saturated rings. The van der Waals surface area contributed by atoms with Crippen molar-refractivity contribution in [2.24, 2.45) is 0 Å². The molecular weight excluding hydrogens is 358 g/mol. The highest BCUT2D eigenvalue weighted by atomic mass is 16.5. The van der Waals surface area contributed by atoms with E-state index in [-0.39, 0.29) is 6.61 Å². The van der Waals surface area contributed by atoms with E-state index in [9.17, 15) is 9.59 Å². The summed E-state index contributed by atoms with van der Waals surface area (Å²) in [4.78, 5) is 23.8. The van der Waals surface area contributed by atoms with Gasteiger partial charge >= 0.3 is 5.97 Å². The zero-order chi connectivity index (χ0) is 20.5. The Hall–Kier alpha value is -3.28. The van der Waals surface area contributed by atoms with Crippen molar-refractivity contribution in [3.63, 3.8) is 0 Å². The van der Waals surface area contributed by atoms with Gasteiger partial charge in [0, 0.05) is 17.8 Å². The van der Waals surface area contributed by atoms with Gasteiger partial charge in [0.25, 0.3) is 5.91 Å². The molecule has 0 saturated carbocycles. The van der Waals surface area contributed by atoms with E-state index in [4.69, 9.17) is 14.2 Å². The van der Waals surface area contributed by atoms with E-state index in [1.807, 2.05) is 24.3 Å². The number of carbonyl (C=O) groups is 2. The molecule has 0 spiro atoms. The van der Waals surface area contributed by atoms with Crippen molar-refractivity contribution in [3.8, 4) is 11.5 Å². The van der Waals surface area contributed by atoms with Crippen LogP contribution in [0.25, 0.3) is 6.08 Å². The third-order valence-corrected chi connectivity index (χ3v) is 3.99. The van der Waals surface area contributed by atoms with Crippen LogP contribution in [0.4, 0.5) is 5.69 Å². The largest absolute Gasteiger partial charge is 0.497 e. The molecule has 1 N–H and O–H groups in total. The number of hydrogen-bond acceptors (Lipinski definition) is 5. The number of benzene rings is 2. The molecule has 0 radical (unpaired) electrons. The maximum atomic E-state index is 11.9. The van der Waals surface area contributed by atoms with E-state index < -0.39 is 11.9 Å². The van der Waals surface area contributed by atoms with Crippen LogP contribution in [-0.4, -0.2) is 32.7 Å². The smallest absolute Gasteiger partial charge is 0.331 e. The highest BCUT2D eigenvalue weighted by Crippen LogP contribution is 2.23. The second kappa shape index (κ2) is 10.2.